The summed E-state index contributed by atoms with van der Waals surface area (Å²) in [6.45, 7) is 1.95. The van der Waals surface area contributed by atoms with Gasteiger partial charge in [0.1, 0.15) is 5.75 Å². The van der Waals surface area contributed by atoms with Crippen LogP contribution in [0.15, 0.2) is 36.4 Å². The molecule has 0 unspecified atom stereocenters. The highest BCUT2D eigenvalue weighted by molar-refractivity contribution is 8.00. The molecule has 0 aromatic heterocycles. The first-order valence-corrected chi connectivity index (χ1v) is 8.81. The lowest BCUT2D eigenvalue weighted by Gasteiger charge is -2.40. The Bertz CT molecular complexity index is 616. The summed E-state index contributed by atoms with van der Waals surface area (Å²) in [7, 11) is 1.75. The monoisotopic (exact) mass is 301 g/mol. The molecule has 1 N–H and O–H groups in total. The molecular weight excluding hydrogens is 278 g/mol. The van der Waals surface area contributed by atoms with E-state index in [1.807, 2.05) is 11.8 Å². The van der Waals surface area contributed by atoms with Crippen molar-refractivity contribution in [3.8, 4) is 5.75 Å². The average Bonchev–Trinajstić information content (AvgIpc) is 2.50. The van der Waals surface area contributed by atoms with Crippen LogP contribution in [0.4, 0.5) is 0 Å². The molecule has 0 atom stereocenters. The van der Waals surface area contributed by atoms with Gasteiger partial charge in [-0.15, -0.1) is 0 Å². The molecule has 0 heterocycles. The molecule has 1 fully saturated rings. The Kier molecular flexibility index (Phi) is 4.41. The van der Waals surface area contributed by atoms with Gasteiger partial charge in [-0.1, -0.05) is 36.8 Å². The minimum Gasteiger partial charge on any atom is -0.496 e. The van der Waals surface area contributed by atoms with E-state index in [-0.39, 0.29) is 0 Å². The zero-order valence-electron chi connectivity index (χ0n) is 12.8. The van der Waals surface area contributed by atoms with Crippen LogP contribution in [0.3, 0.4) is 0 Å². The van der Waals surface area contributed by atoms with Gasteiger partial charge in [0.05, 0.1) is 7.11 Å². The largest absolute Gasteiger partial charge is 0.496 e. The molecule has 0 bridgehead atoms. The van der Waals surface area contributed by atoms with Gasteiger partial charge in [0.25, 0.3) is 0 Å². The van der Waals surface area contributed by atoms with E-state index in [1.54, 1.807) is 7.11 Å². The molecule has 3 heteroatoms. The predicted octanol–water partition coefficient (Wildman–Crippen LogP) is 4.22. The molecule has 1 saturated carbocycles. The van der Waals surface area contributed by atoms with E-state index in [0.29, 0.717) is 4.75 Å². The first-order valence-electron chi connectivity index (χ1n) is 7.58. The minimum atomic E-state index is 0.470. The maximum absolute atomic E-state index is 5.56. The summed E-state index contributed by atoms with van der Waals surface area (Å²) in [6.07, 6.45) is 6.29. The van der Waals surface area contributed by atoms with Crippen LogP contribution < -0.4 is 10.1 Å². The zero-order chi connectivity index (χ0) is 14.7. The lowest BCUT2D eigenvalue weighted by Crippen LogP contribution is -2.43. The zero-order valence-corrected chi connectivity index (χ0v) is 13.6. The van der Waals surface area contributed by atoms with Crippen LogP contribution in [0, 0.1) is 0 Å². The first-order chi connectivity index (χ1) is 10.3. The Labute approximate surface area is 131 Å². The highest BCUT2D eigenvalue weighted by Gasteiger charge is 2.35. The molecular formula is C18H23NOS. The van der Waals surface area contributed by atoms with Gasteiger partial charge in [-0.25, -0.2) is 0 Å². The normalized spacial score (nSPS) is 16.7. The molecule has 2 aromatic carbocycles. The van der Waals surface area contributed by atoms with Gasteiger partial charge in [-0.3, -0.25) is 0 Å². The van der Waals surface area contributed by atoms with Crippen molar-refractivity contribution >= 4 is 22.5 Å². The predicted molar refractivity (Wildman–Crippen MR) is 92.3 cm³/mol. The molecule has 0 amide bonds. The topological polar surface area (TPSA) is 21.3 Å². The number of nitrogens with one attached hydrogen (secondary N) is 1. The van der Waals surface area contributed by atoms with Crippen LogP contribution in [-0.2, 0) is 6.54 Å². The third-order valence-corrected chi connectivity index (χ3v) is 6.08. The van der Waals surface area contributed by atoms with Gasteiger partial charge in [0, 0.05) is 23.4 Å². The number of hydrogen-bond donors (Lipinski definition) is 1. The Morgan fingerprint density at radius 1 is 1.19 bits per heavy atom. The van der Waals surface area contributed by atoms with E-state index in [4.69, 9.17) is 4.74 Å². The van der Waals surface area contributed by atoms with Crippen molar-refractivity contribution < 1.29 is 4.74 Å². The standard InChI is InChI=1S/C18H23NOS/c1-20-17-9-8-14-6-3-4-7-15(14)16(17)12-19-13-18(21-2)10-5-11-18/h3-4,6-9,19H,5,10-13H2,1-2H3. The summed E-state index contributed by atoms with van der Waals surface area (Å²) in [5.74, 6) is 0.980. The maximum Gasteiger partial charge on any atom is 0.123 e. The fourth-order valence-corrected chi connectivity index (χ4v) is 4.07. The van der Waals surface area contributed by atoms with E-state index < -0.39 is 0 Å². The van der Waals surface area contributed by atoms with Crippen LogP contribution >= 0.6 is 11.8 Å². The summed E-state index contributed by atoms with van der Waals surface area (Å²) in [4.78, 5) is 0. The van der Waals surface area contributed by atoms with Gasteiger partial charge in [0.15, 0.2) is 0 Å². The summed E-state index contributed by atoms with van der Waals surface area (Å²) in [5.41, 5.74) is 1.27. The third-order valence-electron chi connectivity index (χ3n) is 4.66. The van der Waals surface area contributed by atoms with Crippen LogP contribution in [-0.4, -0.2) is 24.7 Å². The lowest BCUT2D eigenvalue weighted by atomic mass is 9.84. The minimum absolute atomic E-state index is 0.470. The molecule has 0 spiro atoms. The quantitative estimate of drug-likeness (QED) is 0.863. The fourth-order valence-electron chi connectivity index (χ4n) is 3.13. The fraction of sp³-hybridized carbons (Fsp3) is 0.444. The molecule has 1 aliphatic rings. The molecule has 21 heavy (non-hydrogen) atoms. The second kappa shape index (κ2) is 6.29. The molecule has 2 aromatic rings. The van der Waals surface area contributed by atoms with E-state index in [0.717, 1.165) is 18.8 Å². The van der Waals surface area contributed by atoms with E-state index in [9.17, 15) is 0 Å². The van der Waals surface area contributed by atoms with Gasteiger partial charge >= 0.3 is 0 Å². The summed E-state index contributed by atoms with van der Waals surface area (Å²) in [6, 6.07) is 12.7. The molecule has 0 saturated heterocycles. The molecule has 3 rings (SSSR count). The number of benzene rings is 2. The van der Waals surface area contributed by atoms with Gasteiger partial charge < -0.3 is 10.1 Å². The number of hydrogen-bond acceptors (Lipinski definition) is 3. The smallest absolute Gasteiger partial charge is 0.123 e. The Morgan fingerprint density at radius 3 is 2.67 bits per heavy atom. The van der Waals surface area contributed by atoms with Crippen LogP contribution in [0.2, 0.25) is 0 Å². The third kappa shape index (κ3) is 2.90. The van der Waals surface area contributed by atoms with E-state index in [1.165, 1.54) is 35.6 Å². The number of thioether (sulfide) groups is 1. The van der Waals surface area contributed by atoms with Crippen LogP contribution in [0.5, 0.6) is 5.75 Å². The molecule has 1 aliphatic carbocycles. The summed E-state index contributed by atoms with van der Waals surface area (Å²) < 4.78 is 6.03. The van der Waals surface area contributed by atoms with Gasteiger partial charge in [-0.05, 0) is 35.9 Å². The average molecular weight is 301 g/mol. The molecule has 0 aliphatic heterocycles. The molecule has 0 radical (unpaired) electrons. The van der Waals surface area contributed by atoms with Crippen molar-refractivity contribution in [3.63, 3.8) is 0 Å². The lowest BCUT2D eigenvalue weighted by molar-refractivity contribution is 0.344. The van der Waals surface area contributed by atoms with Crippen molar-refractivity contribution in [3.05, 3.63) is 42.0 Å². The number of fused-ring (bicyclic) bond motifs is 1. The highest BCUT2D eigenvalue weighted by atomic mass is 32.2. The summed E-state index contributed by atoms with van der Waals surface area (Å²) in [5, 5.41) is 6.23. The Balaban J connectivity index is 1.79. The second-order valence-corrected chi connectivity index (χ2v) is 7.09. The number of rotatable bonds is 6. The maximum atomic E-state index is 5.56. The second-order valence-electron chi connectivity index (χ2n) is 5.81. The first kappa shape index (κ1) is 14.7. The van der Waals surface area contributed by atoms with Gasteiger partial charge in [0.2, 0.25) is 0 Å². The highest BCUT2D eigenvalue weighted by Crippen LogP contribution is 2.42. The van der Waals surface area contributed by atoms with Gasteiger partial charge in [-0.2, -0.15) is 11.8 Å². The Hall–Kier alpha value is -1.19. The van der Waals surface area contributed by atoms with Crippen molar-refractivity contribution in [2.45, 2.75) is 30.6 Å². The van der Waals surface area contributed by atoms with E-state index in [2.05, 4.69) is 48.0 Å². The van der Waals surface area contributed by atoms with Crippen molar-refractivity contribution in [2.24, 2.45) is 0 Å². The van der Waals surface area contributed by atoms with E-state index >= 15 is 0 Å². The summed E-state index contributed by atoms with van der Waals surface area (Å²) >= 11 is 2.01. The molecule has 112 valence electrons. The van der Waals surface area contributed by atoms with Crippen LogP contribution in [0.1, 0.15) is 24.8 Å². The van der Waals surface area contributed by atoms with Crippen molar-refractivity contribution in [1.82, 2.24) is 5.32 Å². The number of ether oxygens (including phenoxy) is 1. The molecule has 2 nitrogen and oxygen atoms in total. The van der Waals surface area contributed by atoms with Crippen LogP contribution in [0.25, 0.3) is 10.8 Å². The number of methoxy groups -OCH3 is 1. The van der Waals surface area contributed by atoms with Crippen molar-refractivity contribution in [2.75, 3.05) is 19.9 Å². The van der Waals surface area contributed by atoms with Crippen molar-refractivity contribution in [1.29, 1.82) is 0 Å². The Morgan fingerprint density at radius 2 is 2.00 bits per heavy atom. The SMILES string of the molecule is COc1ccc2ccccc2c1CNCC1(SC)CCC1.